The lowest BCUT2D eigenvalue weighted by molar-refractivity contribution is 0.353. The van der Waals surface area contributed by atoms with Crippen LogP contribution in [0.2, 0.25) is 0 Å². The zero-order chi connectivity index (χ0) is 54.9. The quantitative estimate of drug-likeness (QED) is 0.161. The predicted molar refractivity (Wildman–Crippen MR) is 247 cm³/mol. The van der Waals surface area contributed by atoms with Gasteiger partial charge in [-0.05, 0) is 97.7 Å². The van der Waals surface area contributed by atoms with Gasteiger partial charge < -0.3 is 0 Å². The minimum Gasteiger partial charge on any atom is -0.208 e. The lowest BCUT2D eigenvalue weighted by atomic mass is 9.67. The van der Waals surface area contributed by atoms with Crippen LogP contribution in [-0.4, -0.2) is 15.0 Å². The van der Waals surface area contributed by atoms with E-state index in [9.17, 15) is 9.60 Å². The second-order valence-electron chi connectivity index (χ2n) is 14.5. The average molecular weight is 787 g/mol. The maximum atomic E-state index is 9.90. The number of hydrogen-bond donors (Lipinski definition) is 0. The third-order valence-electron chi connectivity index (χ3n) is 10.9. The molecule has 11 rings (SSSR count). The molecule has 0 atom stereocenters. The molecule has 0 bridgehead atoms. The van der Waals surface area contributed by atoms with Crippen molar-refractivity contribution in [3.05, 3.63) is 211 Å². The van der Waals surface area contributed by atoms with Gasteiger partial charge in [-0.1, -0.05) is 201 Å². The Kier molecular flexibility index (Phi) is 5.62. The van der Waals surface area contributed by atoms with E-state index in [1.54, 1.807) is 30.3 Å². The van der Waals surface area contributed by atoms with Crippen LogP contribution in [0.4, 0.5) is 0 Å². The van der Waals surface area contributed by atoms with Gasteiger partial charge in [0.25, 0.3) is 0 Å². The van der Waals surface area contributed by atoms with E-state index in [0.29, 0.717) is 34.2 Å². The highest BCUT2D eigenvalue weighted by Crippen LogP contribution is 2.56. The molecule has 3 heteroatoms. The summed E-state index contributed by atoms with van der Waals surface area (Å²) in [6.45, 7) is 0. The van der Waals surface area contributed by atoms with E-state index in [1.807, 2.05) is 121 Å². The SMILES string of the molecule is [2H]c1c([2H])c([2H])c2c(c1[2H])-c1c([2H])c([2H])c(-c3cccc(-c4cccc(-c5nc(-c6ccc(-c7ccccc7)cc6)nc(-c6ccc(-c7ccccc7)cc6)n5)c4)c3)c([2H])c1C21C([2H])([2H])C([2H])([2H])C([2H])([2H])C([2H])([2H])C1([2H])[2H]. The molecule has 9 aromatic rings. The normalized spacial score (nSPS) is 22.1. The molecule has 0 aliphatic heterocycles. The van der Waals surface area contributed by atoms with E-state index in [4.69, 9.17) is 28.7 Å². The summed E-state index contributed by atoms with van der Waals surface area (Å²) >= 11 is 0. The number of nitrogens with zero attached hydrogens (tertiary/aromatic N) is 3. The maximum absolute atomic E-state index is 9.90. The molecule has 1 spiro atoms. The molecule has 8 aromatic carbocycles. The van der Waals surface area contributed by atoms with E-state index in [0.717, 1.165) is 33.4 Å². The molecule has 286 valence electrons. The highest BCUT2D eigenvalue weighted by molar-refractivity contribution is 5.85. The molecule has 0 N–H and O–H groups in total. The Bertz CT molecular complexity index is 3740. The molecular weight excluding hydrogens is 727 g/mol. The zero-order valence-electron chi connectivity index (χ0n) is 48.9. The smallest absolute Gasteiger partial charge is 0.164 e. The van der Waals surface area contributed by atoms with Gasteiger partial charge in [-0.15, -0.1) is 0 Å². The summed E-state index contributed by atoms with van der Waals surface area (Å²) in [5.74, 6) is 1.16. The first kappa shape index (κ1) is 22.2. The minimum absolute atomic E-state index is 0.0748. The molecule has 60 heavy (non-hydrogen) atoms. The second-order valence-corrected chi connectivity index (χ2v) is 14.5. The predicted octanol–water partition coefficient (Wildman–Crippen LogP) is 14.8. The largest absolute Gasteiger partial charge is 0.208 e. The van der Waals surface area contributed by atoms with Gasteiger partial charge >= 0.3 is 0 Å². The number of rotatable bonds is 7. The Labute approximate surface area is 376 Å². The van der Waals surface area contributed by atoms with Crippen LogP contribution in [0.1, 0.15) is 66.3 Å². The number of benzene rings is 8. The fourth-order valence-electron chi connectivity index (χ4n) is 7.83. The summed E-state index contributed by atoms with van der Waals surface area (Å²) in [4.78, 5) is 14.9. The average Bonchev–Trinajstić information content (AvgIpc) is 4.04. The van der Waals surface area contributed by atoms with Crippen LogP contribution in [0.25, 0.3) is 89.8 Å². The Balaban J connectivity index is 1.07. The van der Waals surface area contributed by atoms with Gasteiger partial charge in [0.2, 0.25) is 0 Å². The summed E-state index contributed by atoms with van der Waals surface area (Å²) in [6, 6.07) is 43.1. The first-order valence-electron chi connectivity index (χ1n) is 27.9. The molecule has 1 fully saturated rings. The van der Waals surface area contributed by atoms with E-state index < -0.39 is 102 Å². The molecule has 1 heterocycles. The number of fused-ring (bicyclic) bond motifs is 5. The Morgan fingerprint density at radius 2 is 0.800 bits per heavy atom. The lowest BCUT2D eigenvalue weighted by Crippen LogP contribution is -2.28. The number of aromatic nitrogens is 3. The molecule has 3 nitrogen and oxygen atoms in total. The van der Waals surface area contributed by atoms with Crippen molar-refractivity contribution in [2.75, 3.05) is 0 Å². The molecule has 2 aliphatic carbocycles. The molecule has 2 aliphatic rings. The molecule has 1 saturated carbocycles. The van der Waals surface area contributed by atoms with Crippen molar-refractivity contribution in [1.82, 2.24) is 15.0 Å². The van der Waals surface area contributed by atoms with Gasteiger partial charge in [0, 0.05) is 35.8 Å². The van der Waals surface area contributed by atoms with E-state index in [1.165, 1.54) is 6.07 Å². The van der Waals surface area contributed by atoms with Crippen molar-refractivity contribution >= 4 is 0 Å². The lowest BCUT2D eigenvalue weighted by Gasteiger charge is -2.36. The van der Waals surface area contributed by atoms with Crippen LogP contribution >= 0.6 is 0 Å². The van der Waals surface area contributed by atoms with Gasteiger partial charge in [-0.3, -0.25) is 0 Å². The van der Waals surface area contributed by atoms with Crippen LogP contribution in [0.3, 0.4) is 0 Å². The van der Waals surface area contributed by atoms with Gasteiger partial charge in [-0.2, -0.15) is 0 Å². The zero-order valence-corrected chi connectivity index (χ0v) is 31.9. The third-order valence-corrected chi connectivity index (χ3v) is 10.9. The van der Waals surface area contributed by atoms with Crippen molar-refractivity contribution in [2.45, 2.75) is 37.3 Å². The van der Waals surface area contributed by atoms with E-state index in [2.05, 4.69) is 0 Å². The van der Waals surface area contributed by atoms with Gasteiger partial charge in [0.15, 0.2) is 17.5 Å². The van der Waals surface area contributed by atoms with Crippen LogP contribution in [0, 0.1) is 0 Å². The Morgan fingerprint density at radius 3 is 1.38 bits per heavy atom. The van der Waals surface area contributed by atoms with Crippen LogP contribution in [0.15, 0.2) is 200 Å². The van der Waals surface area contributed by atoms with Gasteiger partial charge in [0.1, 0.15) is 0 Å². The number of hydrogen-bond acceptors (Lipinski definition) is 3. The monoisotopic (exact) mass is 786 g/mol. The van der Waals surface area contributed by atoms with E-state index >= 15 is 0 Å². The standard InChI is InChI=1S/C57H43N3/c1-4-14-39(15-5-1)41-24-28-43(29-25-41)54-58-55(44-30-26-42(27-31-44)40-16-6-2-7-17-40)60-56(59-54)49-21-13-20-47(37-49)45-18-12-19-46(36-45)48-32-33-51-50-22-8-9-23-52(50)57(53(51)38-48)34-10-3-11-35-57/h1-2,4-9,12-33,36-38H,3,10-11,34-35H2/i3D2,8D,9D,10D2,11D2,22D,23D,32D,33D,34D2,35D2,38D. The van der Waals surface area contributed by atoms with Crippen molar-refractivity contribution in [3.8, 4) is 89.8 Å². The molecule has 0 saturated heterocycles. The molecule has 0 amide bonds. The molecule has 0 unspecified atom stereocenters. The summed E-state index contributed by atoms with van der Waals surface area (Å²) in [5, 5.41) is 0. The summed E-state index contributed by atoms with van der Waals surface area (Å²) in [7, 11) is 0. The minimum atomic E-state index is -3.95. The molecule has 0 radical (unpaired) electrons. The maximum Gasteiger partial charge on any atom is 0.164 e. The fraction of sp³-hybridized carbons (Fsp3) is 0.105. The van der Waals surface area contributed by atoms with Gasteiger partial charge in [0.05, 0.1) is 9.60 Å². The Hall–Kier alpha value is -7.23. The molecular formula is C57H43N3. The van der Waals surface area contributed by atoms with Gasteiger partial charge in [-0.25, -0.2) is 15.0 Å². The van der Waals surface area contributed by atoms with Crippen molar-refractivity contribution in [1.29, 1.82) is 0 Å². The molecule has 1 aromatic heterocycles. The van der Waals surface area contributed by atoms with Crippen LogP contribution in [-0.2, 0) is 5.41 Å². The van der Waals surface area contributed by atoms with Crippen molar-refractivity contribution < 1.29 is 23.3 Å². The fourth-order valence-corrected chi connectivity index (χ4v) is 7.83. The topological polar surface area (TPSA) is 38.7 Å². The first-order valence-corrected chi connectivity index (χ1v) is 19.4. The second kappa shape index (κ2) is 15.2. The third kappa shape index (κ3) is 6.53. The highest BCUT2D eigenvalue weighted by Gasteiger charge is 2.43. The van der Waals surface area contributed by atoms with Crippen LogP contribution < -0.4 is 0 Å². The Morgan fingerprint density at radius 1 is 0.367 bits per heavy atom. The van der Waals surface area contributed by atoms with E-state index in [-0.39, 0.29) is 11.1 Å². The summed E-state index contributed by atoms with van der Waals surface area (Å²) in [6.07, 6.45) is -19.7. The first-order chi connectivity index (χ1) is 36.4. The van der Waals surface area contributed by atoms with Crippen molar-refractivity contribution in [2.24, 2.45) is 0 Å². The van der Waals surface area contributed by atoms with Crippen LogP contribution in [0.5, 0.6) is 0 Å². The van der Waals surface area contributed by atoms with Crippen molar-refractivity contribution in [3.63, 3.8) is 0 Å². The summed E-state index contributed by atoms with van der Waals surface area (Å²) in [5.41, 5.74) is 0.158. The summed E-state index contributed by atoms with van der Waals surface area (Å²) < 4.78 is 156. The highest BCUT2D eigenvalue weighted by atomic mass is 15.0.